The highest BCUT2D eigenvalue weighted by atomic mass is 16.5. The van der Waals surface area contributed by atoms with Gasteiger partial charge in [-0.05, 0) is 93.3 Å². The van der Waals surface area contributed by atoms with Crippen LogP contribution in [0.25, 0.3) is 0 Å². The Kier molecular flexibility index (Phi) is 8.35. The molecule has 4 aliphatic rings. The summed E-state index contributed by atoms with van der Waals surface area (Å²) >= 11 is 0. The molecule has 0 heterocycles. The number of nitrogens with one attached hydrogen (secondary N) is 1. The molecule has 4 rings (SSSR count). The quantitative estimate of drug-likeness (QED) is 0.300. The fourth-order valence-electron chi connectivity index (χ4n) is 8.64. The van der Waals surface area contributed by atoms with Crippen LogP contribution in [0.3, 0.4) is 0 Å². The van der Waals surface area contributed by atoms with Crippen molar-refractivity contribution < 1.29 is 4.74 Å². The van der Waals surface area contributed by atoms with Gasteiger partial charge in [-0.1, -0.05) is 80.2 Å². The number of allylic oxidation sites excluding steroid dienone is 3. The van der Waals surface area contributed by atoms with E-state index in [4.69, 9.17) is 4.74 Å². The van der Waals surface area contributed by atoms with Crippen LogP contribution in [0.1, 0.15) is 127 Å². The van der Waals surface area contributed by atoms with Gasteiger partial charge in [-0.3, -0.25) is 0 Å². The molecule has 0 spiro atoms. The van der Waals surface area contributed by atoms with Crippen molar-refractivity contribution in [2.24, 2.45) is 34.0 Å². The van der Waals surface area contributed by atoms with Gasteiger partial charge in [0.25, 0.3) is 0 Å². The molecule has 4 aliphatic carbocycles. The highest BCUT2D eigenvalue weighted by Gasteiger charge is 2.65. The summed E-state index contributed by atoms with van der Waals surface area (Å²) < 4.78 is 6.67. The van der Waals surface area contributed by atoms with Crippen molar-refractivity contribution in [3.63, 3.8) is 0 Å². The van der Waals surface area contributed by atoms with Gasteiger partial charge in [0.1, 0.15) is 5.60 Å². The number of hydrogen-bond acceptors (Lipinski definition) is 2. The van der Waals surface area contributed by atoms with Crippen LogP contribution in [-0.2, 0) is 4.74 Å². The molecule has 2 heteroatoms. The second kappa shape index (κ2) is 10.3. The van der Waals surface area contributed by atoms with E-state index in [-0.39, 0.29) is 16.4 Å². The van der Waals surface area contributed by atoms with E-state index in [0.717, 1.165) is 30.9 Å². The zero-order valence-corrected chi connectivity index (χ0v) is 24.8. The van der Waals surface area contributed by atoms with Gasteiger partial charge in [0.2, 0.25) is 0 Å². The second-order valence-electron chi connectivity index (χ2n) is 13.8. The van der Waals surface area contributed by atoms with Gasteiger partial charge < -0.3 is 10.1 Å². The van der Waals surface area contributed by atoms with Gasteiger partial charge in [0.15, 0.2) is 0 Å². The lowest BCUT2D eigenvalue weighted by Gasteiger charge is -2.61. The first-order chi connectivity index (χ1) is 16.3. The van der Waals surface area contributed by atoms with Gasteiger partial charge in [-0.2, -0.15) is 0 Å². The summed E-state index contributed by atoms with van der Waals surface area (Å²) in [5.41, 5.74) is 3.75. The Balaban J connectivity index is 0.00000167. The van der Waals surface area contributed by atoms with Crippen molar-refractivity contribution in [2.75, 3.05) is 0 Å². The van der Waals surface area contributed by atoms with Gasteiger partial charge in [-0.15, -0.1) is 0 Å². The lowest BCUT2D eigenvalue weighted by molar-refractivity contribution is -0.135. The van der Waals surface area contributed by atoms with Crippen LogP contribution < -0.4 is 5.32 Å². The van der Waals surface area contributed by atoms with Gasteiger partial charge in [0, 0.05) is 23.6 Å². The summed E-state index contributed by atoms with van der Waals surface area (Å²) in [5, 5.41) is 4.04. The lowest BCUT2D eigenvalue weighted by Crippen LogP contribution is -2.60. The maximum atomic E-state index is 6.67. The van der Waals surface area contributed by atoms with E-state index >= 15 is 0 Å². The van der Waals surface area contributed by atoms with Crippen molar-refractivity contribution in [2.45, 2.75) is 138 Å². The number of rotatable bonds is 6. The maximum absolute atomic E-state index is 6.67. The lowest BCUT2D eigenvalue weighted by atomic mass is 9.45. The summed E-state index contributed by atoms with van der Waals surface area (Å²) in [6.45, 7) is 29.4. The fraction of sp³-hybridized carbons (Fsp3) is 0.818. The molecule has 200 valence electrons. The summed E-state index contributed by atoms with van der Waals surface area (Å²) in [4.78, 5) is 0. The van der Waals surface area contributed by atoms with Crippen molar-refractivity contribution in [3.05, 3.63) is 36.3 Å². The topological polar surface area (TPSA) is 21.3 Å². The standard InChI is InChI=1S/C31H51NO.C2H6/c1-10-22(3)33-31(9)18-15-25-27-24(14-17-30(25,31)8)29(7)16-12-11-13-23(29)19-26(27)32-21(2)20-28(4,5)6;1-2/h13,24-27,32H,2-3,10-12,14-20H2,1,4-9H3;1-2H3. The molecular weight excluding hydrogens is 426 g/mol. The molecule has 0 bridgehead atoms. The number of hydrogen-bond donors (Lipinski definition) is 1. The van der Waals surface area contributed by atoms with Crippen LogP contribution in [0.15, 0.2) is 36.3 Å². The molecule has 0 aromatic rings. The third-order valence-electron chi connectivity index (χ3n) is 10.5. The summed E-state index contributed by atoms with van der Waals surface area (Å²) in [6.07, 6.45) is 14.8. The first-order valence-corrected chi connectivity index (χ1v) is 14.8. The average molecular weight is 484 g/mol. The van der Waals surface area contributed by atoms with Gasteiger partial charge in [0.05, 0.1) is 5.76 Å². The zero-order chi connectivity index (χ0) is 26.2. The van der Waals surface area contributed by atoms with E-state index in [1.54, 1.807) is 5.57 Å². The van der Waals surface area contributed by atoms with Crippen molar-refractivity contribution >= 4 is 0 Å². The first-order valence-electron chi connectivity index (χ1n) is 14.8. The molecule has 3 saturated carbocycles. The SMILES string of the molecule is C=C(CC(C)(C)C)NC1CC2=CCCCC2(C)C2CCC3(C)C(CCC3(C)OC(=C)CC)C12.CC. The van der Waals surface area contributed by atoms with E-state index < -0.39 is 0 Å². The predicted octanol–water partition coefficient (Wildman–Crippen LogP) is 9.58. The maximum Gasteiger partial charge on any atom is 0.111 e. The predicted molar refractivity (Wildman–Crippen MR) is 152 cm³/mol. The highest BCUT2D eigenvalue weighted by molar-refractivity contribution is 5.28. The van der Waals surface area contributed by atoms with E-state index in [1.165, 1.54) is 50.6 Å². The smallest absolute Gasteiger partial charge is 0.111 e. The Morgan fingerprint density at radius 3 is 2.34 bits per heavy atom. The molecule has 1 N–H and O–H groups in total. The Morgan fingerprint density at radius 1 is 1.06 bits per heavy atom. The molecular formula is C33H57NO. The summed E-state index contributed by atoms with van der Waals surface area (Å²) in [5.74, 6) is 3.13. The normalized spacial score (nSPS) is 40.2. The molecule has 0 amide bonds. The Morgan fingerprint density at radius 2 is 1.71 bits per heavy atom. The third kappa shape index (κ3) is 5.15. The van der Waals surface area contributed by atoms with Crippen LogP contribution in [0.4, 0.5) is 0 Å². The summed E-state index contributed by atoms with van der Waals surface area (Å²) in [7, 11) is 0. The van der Waals surface area contributed by atoms with E-state index in [0.29, 0.717) is 23.3 Å². The van der Waals surface area contributed by atoms with Crippen molar-refractivity contribution in [1.82, 2.24) is 5.32 Å². The zero-order valence-electron chi connectivity index (χ0n) is 24.8. The molecule has 35 heavy (non-hydrogen) atoms. The molecule has 3 fully saturated rings. The van der Waals surface area contributed by atoms with Crippen molar-refractivity contribution in [3.8, 4) is 0 Å². The molecule has 7 unspecified atom stereocenters. The van der Waals surface area contributed by atoms with Crippen LogP contribution >= 0.6 is 0 Å². The van der Waals surface area contributed by atoms with E-state index in [2.05, 4.69) is 73.0 Å². The summed E-state index contributed by atoms with van der Waals surface area (Å²) in [6, 6.07) is 0.503. The van der Waals surface area contributed by atoms with Crippen LogP contribution in [0, 0.1) is 34.0 Å². The van der Waals surface area contributed by atoms with Gasteiger partial charge in [-0.25, -0.2) is 0 Å². The minimum atomic E-state index is -0.0910. The van der Waals surface area contributed by atoms with E-state index in [1.807, 2.05) is 13.8 Å². The second-order valence-corrected chi connectivity index (χ2v) is 13.8. The number of ether oxygens (including phenoxy) is 1. The molecule has 2 nitrogen and oxygen atoms in total. The highest BCUT2D eigenvalue weighted by Crippen LogP contribution is 2.68. The Hall–Kier alpha value is -1.18. The molecule has 0 aliphatic heterocycles. The van der Waals surface area contributed by atoms with Crippen LogP contribution in [-0.4, -0.2) is 11.6 Å². The van der Waals surface area contributed by atoms with Crippen LogP contribution in [0.2, 0.25) is 0 Å². The minimum Gasteiger partial charge on any atom is -0.492 e. The molecule has 7 atom stereocenters. The Bertz CT molecular complexity index is 817. The molecule has 0 radical (unpaired) electrons. The fourth-order valence-corrected chi connectivity index (χ4v) is 8.64. The minimum absolute atomic E-state index is 0.0910. The number of fused-ring (bicyclic) bond motifs is 5. The first kappa shape index (κ1) is 28.4. The average Bonchev–Trinajstić information content (AvgIpc) is 3.04. The van der Waals surface area contributed by atoms with Crippen molar-refractivity contribution in [1.29, 1.82) is 0 Å². The molecule has 0 saturated heterocycles. The largest absolute Gasteiger partial charge is 0.492 e. The molecule has 0 aromatic heterocycles. The van der Waals surface area contributed by atoms with E-state index in [9.17, 15) is 0 Å². The third-order valence-corrected chi connectivity index (χ3v) is 10.5. The Labute approximate surface area is 218 Å². The van der Waals surface area contributed by atoms with Gasteiger partial charge >= 0.3 is 0 Å². The van der Waals surface area contributed by atoms with Crippen LogP contribution in [0.5, 0.6) is 0 Å². The monoisotopic (exact) mass is 483 g/mol. The molecule has 0 aromatic carbocycles.